The van der Waals surface area contributed by atoms with E-state index < -0.39 is 0 Å². The van der Waals surface area contributed by atoms with Crippen LogP contribution in [0.15, 0.2) is 46.2 Å². The molecule has 1 fully saturated rings. The van der Waals surface area contributed by atoms with Gasteiger partial charge in [-0.1, -0.05) is 52.6 Å². The fourth-order valence-corrected chi connectivity index (χ4v) is 3.60. The van der Waals surface area contributed by atoms with E-state index in [1.165, 1.54) is 18.4 Å². The second kappa shape index (κ2) is 6.80. The third-order valence-corrected chi connectivity index (χ3v) is 5.37. The van der Waals surface area contributed by atoms with Crippen LogP contribution in [0.3, 0.4) is 0 Å². The topological polar surface area (TPSA) is 12.0 Å². The molecule has 1 nitrogen and oxygen atoms in total. The van der Waals surface area contributed by atoms with Gasteiger partial charge in [-0.25, -0.2) is 0 Å². The molecule has 0 unspecified atom stereocenters. The Bertz CT molecular complexity index is 656. The molecule has 2 aromatic rings. The van der Waals surface area contributed by atoms with Crippen LogP contribution in [0.5, 0.6) is 0 Å². The molecular formula is C16H14Cl3NS. The van der Waals surface area contributed by atoms with E-state index in [1.54, 1.807) is 11.8 Å². The molecule has 0 spiro atoms. The lowest BCUT2D eigenvalue weighted by atomic mass is 10.2. The Morgan fingerprint density at radius 1 is 1.00 bits per heavy atom. The summed E-state index contributed by atoms with van der Waals surface area (Å²) in [5.41, 5.74) is 1.25. The van der Waals surface area contributed by atoms with Gasteiger partial charge < -0.3 is 5.32 Å². The van der Waals surface area contributed by atoms with Gasteiger partial charge in [-0.2, -0.15) is 0 Å². The summed E-state index contributed by atoms with van der Waals surface area (Å²) in [6.07, 6.45) is 2.56. The number of rotatable bonds is 5. The van der Waals surface area contributed by atoms with Crippen molar-refractivity contribution in [3.8, 4) is 0 Å². The van der Waals surface area contributed by atoms with Gasteiger partial charge in [0.15, 0.2) is 0 Å². The summed E-state index contributed by atoms with van der Waals surface area (Å²) in [5, 5.41) is 5.42. The standard InChI is InChI=1S/C16H14Cl3NS/c17-11-2-1-10(9-20-12-3-4-12)16(7-11)21-13-5-6-14(18)15(19)8-13/h1-2,5-8,12,20H,3-4,9H2. The molecule has 1 saturated carbocycles. The lowest BCUT2D eigenvalue weighted by molar-refractivity contribution is 0.680. The fourth-order valence-electron chi connectivity index (χ4n) is 1.98. The molecule has 0 saturated heterocycles. The summed E-state index contributed by atoms with van der Waals surface area (Å²) in [6, 6.07) is 12.4. The number of halogens is 3. The van der Waals surface area contributed by atoms with Gasteiger partial charge in [-0.3, -0.25) is 0 Å². The molecule has 0 bridgehead atoms. The highest BCUT2D eigenvalue weighted by molar-refractivity contribution is 7.99. The number of benzene rings is 2. The Hall–Kier alpha value is -0.380. The maximum absolute atomic E-state index is 6.13. The van der Waals surface area contributed by atoms with Gasteiger partial charge in [0.25, 0.3) is 0 Å². The molecule has 0 atom stereocenters. The first-order valence-corrected chi connectivity index (χ1v) is 8.71. The molecule has 0 aliphatic heterocycles. The number of hydrogen-bond donors (Lipinski definition) is 1. The normalized spacial score (nSPS) is 14.4. The zero-order valence-electron chi connectivity index (χ0n) is 11.2. The van der Waals surface area contributed by atoms with Crippen LogP contribution in [-0.2, 0) is 6.54 Å². The highest BCUT2D eigenvalue weighted by Gasteiger charge is 2.20. The molecule has 1 N–H and O–H groups in total. The summed E-state index contributed by atoms with van der Waals surface area (Å²) in [7, 11) is 0. The molecular weight excluding hydrogens is 345 g/mol. The lowest BCUT2D eigenvalue weighted by Gasteiger charge is -2.11. The Labute approximate surface area is 144 Å². The van der Waals surface area contributed by atoms with Crippen LogP contribution in [0.2, 0.25) is 15.1 Å². The SMILES string of the molecule is Clc1ccc(CNC2CC2)c(Sc2ccc(Cl)c(Cl)c2)c1. The van der Waals surface area contributed by atoms with Gasteiger partial charge in [0, 0.05) is 27.4 Å². The quantitative estimate of drug-likeness (QED) is 0.698. The summed E-state index contributed by atoms with van der Waals surface area (Å²) in [5.74, 6) is 0. The molecule has 5 heteroatoms. The monoisotopic (exact) mass is 357 g/mol. The van der Waals surface area contributed by atoms with E-state index in [-0.39, 0.29) is 0 Å². The van der Waals surface area contributed by atoms with Crippen molar-refractivity contribution in [3.63, 3.8) is 0 Å². The Morgan fingerprint density at radius 3 is 2.52 bits per heavy atom. The Kier molecular flexibility index (Phi) is 5.03. The molecule has 0 amide bonds. The first kappa shape index (κ1) is 15.5. The largest absolute Gasteiger partial charge is 0.310 e. The minimum atomic E-state index is 0.571. The second-order valence-electron chi connectivity index (χ2n) is 5.09. The Morgan fingerprint density at radius 2 is 1.81 bits per heavy atom. The van der Waals surface area contributed by atoms with Crippen molar-refractivity contribution in [2.75, 3.05) is 0 Å². The number of nitrogens with one attached hydrogen (secondary N) is 1. The van der Waals surface area contributed by atoms with Crippen molar-refractivity contribution in [1.82, 2.24) is 5.32 Å². The molecule has 0 aromatic heterocycles. The van der Waals surface area contributed by atoms with Crippen molar-refractivity contribution >= 4 is 46.6 Å². The molecule has 3 rings (SSSR count). The first-order chi connectivity index (χ1) is 10.1. The lowest BCUT2D eigenvalue weighted by Crippen LogP contribution is -2.15. The molecule has 2 aromatic carbocycles. The average Bonchev–Trinajstić information content (AvgIpc) is 3.26. The molecule has 0 heterocycles. The minimum Gasteiger partial charge on any atom is -0.310 e. The van der Waals surface area contributed by atoms with Crippen LogP contribution in [0.1, 0.15) is 18.4 Å². The summed E-state index contributed by atoms with van der Waals surface area (Å²) in [6.45, 7) is 0.867. The van der Waals surface area contributed by atoms with Crippen LogP contribution < -0.4 is 5.32 Å². The third-order valence-electron chi connectivity index (χ3n) is 3.31. The van der Waals surface area contributed by atoms with Gasteiger partial charge in [-0.05, 0) is 48.7 Å². The maximum atomic E-state index is 6.13. The third kappa shape index (κ3) is 4.30. The molecule has 21 heavy (non-hydrogen) atoms. The van der Waals surface area contributed by atoms with Crippen LogP contribution in [0, 0.1) is 0 Å². The van der Waals surface area contributed by atoms with Gasteiger partial charge >= 0.3 is 0 Å². The van der Waals surface area contributed by atoms with Gasteiger partial charge in [0.1, 0.15) is 0 Å². The molecule has 1 aliphatic carbocycles. The van der Waals surface area contributed by atoms with E-state index in [0.717, 1.165) is 21.4 Å². The van der Waals surface area contributed by atoms with Gasteiger partial charge in [-0.15, -0.1) is 0 Å². The smallest absolute Gasteiger partial charge is 0.0603 e. The zero-order chi connectivity index (χ0) is 14.8. The first-order valence-electron chi connectivity index (χ1n) is 6.76. The highest BCUT2D eigenvalue weighted by atomic mass is 35.5. The molecule has 1 aliphatic rings. The summed E-state index contributed by atoms with van der Waals surface area (Å²) >= 11 is 19.8. The van der Waals surface area contributed by atoms with E-state index in [4.69, 9.17) is 34.8 Å². The summed E-state index contributed by atoms with van der Waals surface area (Å²) in [4.78, 5) is 2.20. The fraction of sp³-hybridized carbons (Fsp3) is 0.250. The predicted octanol–water partition coefficient (Wildman–Crippen LogP) is 6.05. The van der Waals surface area contributed by atoms with E-state index in [2.05, 4.69) is 11.4 Å². The maximum Gasteiger partial charge on any atom is 0.0603 e. The summed E-state index contributed by atoms with van der Waals surface area (Å²) < 4.78 is 0. The Balaban J connectivity index is 1.81. The van der Waals surface area contributed by atoms with E-state index in [0.29, 0.717) is 16.1 Å². The molecule has 0 radical (unpaired) electrons. The van der Waals surface area contributed by atoms with Crippen molar-refractivity contribution in [2.24, 2.45) is 0 Å². The van der Waals surface area contributed by atoms with E-state index >= 15 is 0 Å². The van der Waals surface area contributed by atoms with Crippen LogP contribution >= 0.6 is 46.6 Å². The van der Waals surface area contributed by atoms with Crippen molar-refractivity contribution in [2.45, 2.75) is 35.2 Å². The molecule has 110 valence electrons. The van der Waals surface area contributed by atoms with Crippen molar-refractivity contribution in [1.29, 1.82) is 0 Å². The zero-order valence-corrected chi connectivity index (χ0v) is 14.3. The average molecular weight is 359 g/mol. The van der Waals surface area contributed by atoms with E-state index in [1.807, 2.05) is 30.3 Å². The number of hydrogen-bond acceptors (Lipinski definition) is 2. The van der Waals surface area contributed by atoms with Crippen LogP contribution in [-0.4, -0.2) is 6.04 Å². The van der Waals surface area contributed by atoms with Crippen LogP contribution in [0.25, 0.3) is 0 Å². The van der Waals surface area contributed by atoms with Crippen molar-refractivity contribution < 1.29 is 0 Å². The van der Waals surface area contributed by atoms with Crippen LogP contribution in [0.4, 0.5) is 0 Å². The minimum absolute atomic E-state index is 0.571. The van der Waals surface area contributed by atoms with Gasteiger partial charge in [0.2, 0.25) is 0 Å². The highest BCUT2D eigenvalue weighted by Crippen LogP contribution is 2.35. The second-order valence-corrected chi connectivity index (χ2v) is 7.45. The van der Waals surface area contributed by atoms with Crippen molar-refractivity contribution in [3.05, 3.63) is 57.0 Å². The van der Waals surface area contributed by atoms with Gasteiger partial charge in [0.05, 0.1) is 10.0 Å². The van der Waals surface area contributed by atoms with E-state index in [9.17, 15) is 0 Å². The predicted molar refractivity (Wildman–Crippen MR) is 91.9 cm³/mol.